The minimum atomic E-state index is -0.424. The van der Waals surface area contributed by atoms with Gasteiger partial charge in [-0.15, -0.1) is 0 Å². The maximum atomic E-state index is 13.3. The maximum absolute atomic E-state index is 13.3. The molecule has 21 heavy (non-hydrogen) atoms. The normalized spacial score (nSPS) is 15.0. The Labute approximate surface area is 121 Å². The van der Waals surface area contributed by atoms with E-state index in [1.54, 1.807) is 7.05 Å². The second-order valence-corrected chi connectivity index (χ2v) is 4.52. The first-order chi connectivity index (χ1) is 10.3. The SMILES string of the molecule is CNc1nc(-c2cncc(F)c2)nc(N2CCOCC2)n1. The van der Waals surface area contributed by atoms with E-state index in [4.69, 9.17) is 4.74 Å². The molecule has 7 nitrogen and oxygen atoms in total. The molecule has 3 heterocycles. The van der Waals surface area contributed by atoms with Crippen molar-refractivity contribution < 1.29 is 9.13 Å². The van der Waals surface area contributed by atoms with Crippen molar-refractivity contribution in [1.29, 1.82) is 0 Å². The number of hydrogen-bond donors (Lipinski definition) is 1. The van der Waals surface area contributed by atoms with E-state index in [2.05, 4.69) is 25.3 Å². The summed E-state index contributed by atoms with van der Waals surface area (Å²) in [5.41, 5.74) is 0.517. The number of hydrogen-bond acceptors (Lipinski definition) is 7. The number of ether oxygens (including phenoxy) is 1. The molecule has 1 aliphatic heterocycles. The van der Waals surface area contributed by atoms with Crippen LogP contribution in [0.2, 0.25) is 0 Å². The first-order valence-corrected chi connectivity index (χ1v) is 6.64. The second-order valence-electron chi connectivity index (χ2n) is 4.52. The van der Waals surface area contributed by atoms with Gasteiger partial charge >= 0.3 is 0 Å². The van der Waals surface area contributed by atoms with Crippen molar-refractivity contribution in [2.75, 3.05) is 43.6 Å². The van der Waals surface area contributed by atoms with Gasteiger partial charge in [-0.25, -0.2) is 4.39 Å². The van der Waals surface area contributed by atoms with Crippen molar-refractivity contribution in [3.63, 3.8) is 0 Å². The quantitative estimate of drug-likeness (QED) is 0.902. The zero-order chi connectivity index (χ0) is 14.7. The van der Waals surface area contributed by atoms with Crippen LogP contribution in [0.3, 0.4) is 0 Å². The van der Waals surface area contributed by atoms with Crippen LogP contribution in [0.15, 0.2) is 18.5 Å². The maximum Gasteiger partial charge on any atom is 0.230 e. The fourth-order valence-corrected chi connectivity index (χ4v) is 2.04. The van der Waals surface area contributed by atoms with E-state index in [0.29, 0.717) is 49.6 Å². The van der Waals surface area contributed by atoms with E-state index in [1.165, 1.54) is 12.3 Å². The number of rotatable bonds is 3. The summed E-state index contributed by atoms with van der Waals surface area (Å²) in [5, 5.41) is 2.90. The van der Waals surface area contributed by atoms with E-state index in [9.17, 15) is 4.39 Å². The minimum Gasteiger partial charge on any atom is -0.378 e. The molecule has 1 aliphatic rings. The molecule has 3 rings (SSSR count). The Balaban J connectivity index is 2.00. The Morgan fingerprint density at radius 2 is 2.00 bits per heavy atom. The van der Waals surface area contributed by atoms with Gasteiger partial charge in [0.1, 0.15) is 5.82 Å². The van der Waals surface area contributed by atoms with Gasteiger partial charge in [-0.05, 0) is 6.07 Å². The molecule has 1 saturated heterocycles. The fraction of sp³-hybridized carbons (Fsp3) is 0.385. The van der Waals surface area contributed by atoms with Crippen LogP contribution in [0.5, 0.6) is 0 Å². The fourth-order valence-electron chi connectivity index (χ4n) is 2.04. The van der Waals surface area contributed by atoms with Crippen LogP contribution in [0.4, 0.5) is 16.3 Å². The third-order valence-corrected chi connectivity index (χ3v) is 3.10. The summed E-state index contributed by atoms with van der Waals surface area (Å²) in [6.45, 7) is 2.71. The molecule has 0 aromatic carbocycles. The number of aromatic nitrogens is 4. The van der Waals surface area contributed by atoms with Gasteiger partial charge in [0.05, 0.1) is 19.4 Å². The van der Waals surface area contributed by atoms with Gasteiger partial charge in [0, 0.05) is 31.9 Å². The molecule has 1 fully saturated rings. The third-order valence-electron chi connectivity index (χ3n) is 3.10. The molecule has 2 aromatic heterocycles. The Morgan fingerprint density at radius 1 is 1.19 bits per heavy atom. The molecule has 2 aromatic rings. The zero-order valence-electron chi connectivity index (χ0n) is 11.6. The second kappa shape index (κ2) is 5.96. The van der Waals surface area contributed by atoms with Crippen LogP contribution in [-0.2, 0) is 4.74 Å². The number of morpholine rings is 1. The van der Waals surface area contributed by atoms with Crippen LogP contribution < -0.4 is 10.2 Å². The van der Waals surface area contributed by atoms with E-state index in [-0.39, 0.29) is 0 Å². The molecule has 0 saturated carbocycles. The summed E-state index contributed by atoms with van der Waals surface area (Å²) in [6.07, 6.45) is 2.67. The zero-order valence-corrected chi connectivity index (χ0v) is 11.6. The summed E-state index contributed by atoms with van der Waals surface area (Å²) in [7, 11) is 1.73. The number of nitrogens with zero attached hydrogens (tertiary/aromatic N) is 5. The third kappa shape index (κ3) is 3.05. The van der Waals surface area contributed by atoms with Crippen LogP contribution >= 0.6 is 0 Å². The van der Waals surface area contributed by atoms with Crippen LogP contribution in [-0.4, -0.2) is 53.3 Å². The molecule has 110 valence electrons. The van der Waals surface area contributed by atoms with Gasteiger partial charge in [0.2, 0.25) is 11.9 Å². The van der Waals surface area contributed by atoms with Crippen molar-refractivity contribution in [1.82, 2.24) is 19.9 Å². The molecule has 0 aliphatic carbocycles. The van der Waals surface area contributed by atoms with Gasteiger partial charge in [-0.3, -0.25) is 4.98 Å². The predicted molar refractivity (Wildman–Crippen MR) is 75.6 cm³/mol. The highest BCUT2D eigenvalue weighted by Crippen LogP contribution is 2.20. The lowest BCUT2D eigenvalue weighted by atomic mass is 10.2. The minimum absolute atomic E-state index is 0.392. The Kier molecular flexibility index (Phi) is 3.87. The van der Waals surface area contributed by atoms with Gasteiger partial charge in [-0.1, -0.05) is 0 Å². The summed E-state index contributed by atoms with van der Waals surface area (Å²) in [4.78, 5) is 18.9. The molecule has 1 N–H and O–H groups in total. The molecule has 0 amide bonds. The standard InChI is InChI=1S/C13H15FN6O/c1-15-12-17-11(9-6-10(14)8-16-7-9)18-13(19-12)20-2-4-21-5-3-20/h6-8H,2-5H2,1H3,(H,15,17,18,19). The molecular weight excluding hydrogens is 275 g/mol. The van der Waals surface area contributed by atoms with Crippen molar-refractivity contribution in [3.8, 4) is 11.4 Å². The lowest BCUT2D eigenvalue weighted by Crippen LogP contribution is -2.37. The number of pyridine rings is 1. The Morgan fingerprint density at radius 3 is 2.71 bits per heavy atom. The van der Waals surface area contributed by atoms with E-state index < -0.39 is 5.82 Å². The molecule has 0 spiro atoms. The van der Waals surface area contributed by atoms with Crippen molar-refractivity contribution in [3.05, 3.63) is 24.3 Å². The van der Waals surface area contributed by atoms with Crippen molar-refractivity contribution in [2.45, 2.75) is 0 Å². The average molecular weight is 290 g/mol. The van der Waals surface area contributed by atoms with E-state index >= 15 is 0 Å². The van der Waals surface area contributed by atoms with Gasteiger partial charge in [0.15, 0.2) is 5.82 Å². The van der Waals surface area contributed by atoms with Crippen molar-refractivity contribution >= 4 is 11.9 Å². The van der Waals surface area contributed by atoms with Gasteiger partial charge < -0.3 is 15.0 Å². The van der Waals surface area contributed by atoms with Crippen LogP contribution in [0.25, 0.3) is 11.4 Å². The molecule has 0 atom stereocenters. The smallest absolute Gasteiger partial charge is 0.230 e. The lowest BCUT2D eigenvalue weighted by molar-refractivity contribution is 0.122. The molecule has 0 radical (unpaired) electrons. The van der Waals surface area contributed by atoms with Crippen molar-refractivity contribution in [2.24, 2.45) is 0 Å². The summed E-state index contributed by atoms with van der Waals surface area (Å²) in [6, 6.07) is 1.35. The average Bonchev–Trinajstić information content (AvgIpc) is 2.55. The van der Waals surface area contributed by atoms with Crippen LogP contribution in [0.1, 0.15) is 0 Å². The Hall–Kier alpha value is -2.35. The number of halogens is 1. The van der Waals surface area contributed by atoms with Crippen LogP contribution in [0, 0.1) is 5.82 Å². The summed E-state index contributed by atoms with van der Waals surface area (Å²) < 4.78 is 18.6. The molecule has 8 heteroatoms. The lowest BCUT2D eigenvalue weighted by Gasteiger charge is -2.27. The summed E-state index contributed by atoms with van der Waals surface area (Å²) in [5.74, 6) is 0.956. The first kappa shape index (κ1) is 13.6. The predicted octanol–water partition coefficient (Wildman–Crippen LogP) is 0.951. The largest absolute Gasteiger partial charge is 0.378 e. The molecular formula is C13H15FN6O. The van der Waals surface area contributed by atoms with Gasteiger partial charge in [0.25, 0.3) is 0 Å². The highest BCUT2D eigenvalue weighted by molar-refractivity contribution is 5.57. The highest BCUT2D eigenvalue weighted by atomic mass is 19.1. The first-order valence-electron chi connectivity index (χ1n) is 6.64. The number of anilines is 2. The topological polar surface area (TPSA) is 76.1 Å². The highest BCUT2D eigenvalue weighted by Gasteiger charge is 2.17. The van der Waals surface area contributed by atoms with Gasteiger partial charge in [-0.2, -0.15) is 15.0 Å². The monoisotopic (exact) mass is 290 g/mol. The van der Waals surface area contributed by atoms with E-state index in [0.717, 1.165) is 6.20 Å². The molecule has 0 bridgehead atoms. The summed E-state index contributed by atoms with van der Waals surface area (Å²) >= 11 is 0. The molecule has 0 unspecified atom stereocenters. The van der Waals surface area contributed by atoms with E-state index in [1.807, 2.05) is 4.90 Å². The Bertz CT molecular complexity index is 632. The number of nitrogens with one attached hydrogen (secondary N) is 1.